The molecule has 1 heterocycles. The number of nitrogens with two attached hydrogens (primary N) is 1. The molecule has 19 heavy (non-hydrogen) atoms. The third kappa shape index (κ3) is 2.16. The van der Waals surface area contributed by atoms with Crippen molar-refractivity contribution in [3.8, 4) is 0 Å². The van der Waals surface area contributed by atoms with Crippen LogP contribution in [0, 0.1) is 11.3 Å². The molecule has 1 aromatic heterocycles. The summed E-state index contributed by atoms with van der Waals surface area (Å²) >= 11 is 0. The Morgan fingerprint density at radius 3 is 2.74 bits per heavy atom. The van der Waals surface area contributed by atoms with E-state index in [9.17, 15) is 0 Å². The van der Waals surface area contributed by atoms with Gasteiger partial charge in [0.2, 0.25) is 0 Å². The summed E-state index contributed by atoms with van der Waals surface area (Å²) in [5.41, 5.74) is 9.12. The van der Waals surface area contributed by atoms with Crippen molar-refractivity contribution in [1.82, 2.24) is 9.55 Å². The number of fused-ring (bicyclic) bond motifs is 1. The predicted molar refractivity (Wildman–Crippen MR) is 79.0 cm³/mol. The van der Waals surface area contributed by atoms with Crippen LogP contribution in [-0.4, -0.2) is 15.6 Å². The zero-order valence-corrected chi connectivity index (χ0v) is 12.1. The molecule has 2 N–H and O–H groups in total. The molecule has 0 aliphatic heterocycles. The van der Waals surface area contributed by atoms with Crippen molar-refractivity contribution in [3.63, 3.8) is 0 Å². The molecule has 2 atom stereocenters. The van der Waals surface area contributed by atoms with E-state index in [0.29, 0.717) is 11.3 Å². The lowest BCUT2D eigenvalue weighted by Gasteiger charge is -2.14. The average Bonchev–Trinajstić information content (AvgIpc) is 2.88. The molecule has 1 aromatic carbocycles. The van der Waals surface area contributed by atoms with Crippen LogP contribution in [0.4, 0.5) is 0 Å². The Bertz CT molecular complexity index is 597. The van der Waals surface area contributed by atoms with Gasteiger partial charge in [-0.1, -0.05) is 26.0 Å². The molecule has 0 amide bonds. The van der Waals surface area contributed by atoms with Crippen molar-refractivity contribution < 1.29 is 0 Å². The third-order valence-electron chi connectivity index (χ3n) is 4.57. The normalized spacial score (nSPS) is 22.6. The van der Waals surface area contributed by atoms with Crippen molar-refractivity contribution in [2.24, 2.45) is 17.1 Å². The minimum atomic E-state index is 0.233. The van der Waals surface area contributed by atoms with Crippen LogP contribution in [-0.2, 0) is 13.0 Å². The molecule has 0 spiro atoms. The molecule has 102 valence electrons. The second-order valence-electron chi connectivity index (χ2n) is 6.43. The molecular weight excluding hydrogens is 234 g/mol. The third-order valence-corrected chi connectivity index (χ3v) is 4.57. The second kappa shape index (κ2) is 4.34. The predicted octanol–water partition coefficient (Wildman–Crippen LogP) is 2.97. The van der Waals surface area contributed by atoms with E-state index in [-0.39, 0.29) is 6.04 Å². The number of hydrogen-bond acceptors (Lipinski definition) is 2. The van der Waals surface area contributed by atoms with Gasteiger partial charge in [0.1, 0.15) is 5.82 Å². The summed E-state index contributed by atoms with van der Waals surface area (Å²) in [5.74, 6) is 1.79. The van der Waals surface area contributed by atoms with E-state index in [1.165, 1.54) is 11.9 Å². The number of aromatic nitrogens is 2. The Kier molecular flexibility index (Phi) is 2.90. The Balaban J connectivity index is 1.88. The molecule has 0 radical (unpaired) electrons. The number of hydrogen-bond donors (Lipinski definition) is 1. The number of imidazole rings is 1. The summed E-state index contributed by atoms with van der Waals surface area (Å²) in [5, 5.41) is 0. The lowest BCUT2D eigenvalue weighted by molar-refractivity contribution is 0.465. The molecule has 2 unspecified atom stereocenters. The van der Waals surface area contributed by atoms with E-state index >= 15 is 0 Å². The maximum Gasteiger partial charge on any atom is 0.111 e. The Hall–Kier alpha value is -1.35. The van der Waals surface area contributed by atoms with E-state index in [1.54, 1.807) is 0 Å². The van der Waals surface area contributed by atoms with Crippen LogP contribution >= 0.6 is 0 Å². The van der Waals surface area contributed by atoms with E-state index in [0.717, 1.165) is 24.3 Å². The van der Waals surface area contributed by atoms with Crippen molar-refractivity contribution in [2.75, 3.05) is 0 Å². The molecule has 1 aliphatic carbocycles. The minimum absolute atomic E-state index is 0.233. The van der Waals surface area contributed by atoms with E-state index in [2.05, 4.69) is 43.5 Å². The summed E-state index contributed by atoms with van der Waals surface area (Å²) in [6.45, 7) is 7.74. The fourth-order valence-electron chi connectivity index (χ4n) is 3.23. The van der Waals surface area contributed by atoms with Gasteiger partial charge < -0.3 is 10.3 Å². The molecule has 2 aromatic rings. The molecule has 3 nitrogen and oxygen atoms in total. The van der Waals surface area contributed by atoms with Gasteiger partial charge in [0, 0.05) is 19.0 Å². The molecule has 0 bridgehead atoms. The molecule has 0 saturated heterocycles. The van der Waals surface area contributed by atoms with Gasteiger partial charge in [-0.2, -0.15) is 0 Å². The molecule has 3 heteroatoms. The van der Waals surface area contributed by atoms with Crippen LogP contribution in [0.25, 0.3) is 11.0 Å². The molecule has 1 fully saturated rings. The number of benzene rings is 1. The number of nitrogens with zero attached hydrogens (tertiary/aromatic N) is 2. The number of para-hydroxylation sites is 2. The zero-order valence-electron chi connectivity index (χ0n) is 12.1. The average molecular weight is 257 g/mol. The molecule has 3 rings (SSSR count). The van der Waals surface area contributed by atoms with Crippen molar-refractivity contribution in [1.29, 1.82) is 0 Å². The SMILES string of the molecule is CCn1c(CC(N)C2CC2(C)C)nc2ccccc21. The van der Waals surface area contributed by atoms with Crippen LogP contribution in [0.1, 0.15) is 33.0 Å². The fraction of sp³-hybridized carbons (Fsp3) is 0.562. The maximum absolute atomic E-state index is 6.38. The Morgan fingerprint density at radius 1 is 1.42 bits per heavy atom. The molecular formula is C16H23N3. The highest BCUT2D eigenvalue weighted by Crippen LogP contribution is 2.53. The lowest BCUT2D eigenvalue weighted by Crippen LogP contribution is -2.28. The van der Waals surface area contributed by atoms with Crippen LogP contribution in [0.3, 0.4) is 0 Å². The van der Waals surface area contributed by atoms with Crippen molar-refractivity contribution in [3.05, 3.63) is 30.1 Å². The number of aryl methyl sites for hydroxylation is 1. The summed E-state index contributed by atoms with van der Waals surface area (Å²) in [6.07, 6.45) is 2.14. The largest absolute Gasteiger partial charge is 0.328 e. The van der Waals surface area contributed by atoms with Crippen molar-refractivity contribution >= 4 is 11.0 Å². The first-order chi connectivity index (χ1) is 9.03. The first kappa shape index (κ1) is 12.7. The van der Waals surface area contributed by atoms with Gasteiger partial charge >= 0.3 is 0 Å². The van der Waals surface area contributed by atoms with Gasteiger partial charge in [-0.3, -0.25) is 0 Å². The second-order valence-corrected chi connectivity index (χ2v) is 6.43. The topological polar surface area (TPSA) is 43.8 Å². The summed E-state index contributed by atoms with van der Waals surface area (Å²) in [4.78, 5) is 4.76. The quantitative estimate of drug-likeness (QED) is 0.915. The van der Waals surface area contributed by atoms with E-state index in [4.69, 9.17) is 10.7 Å². The van der Waals surface area contributed by atoms with Crippen LogP contribution < -0.4 is 5.73 Å². The van der Waals surface area contributed by atoms with Gasteiger partial charge in [-0.15, -0.1) is 0 Å². The zero-order chi connectivity index (χ0) is 13.6. The standard InChI is InChI=1S/C16H23N3/c1-4-19-14-8-6-5-7-13(14)18-15(19)9-12(17)11-10-16(11,2)3/h5-8,11-12H,4,9-10,17H2,1-3H3. The smallest absolute Gasteiger partial charge is 0.111 e. The van der Waals surface area contributed by atoms with Crippen LogP contribution in [0.5, 0.6) is 0 Å². The van der Waals surface area contributed by atoms with Crippen molar-refractivity contribution in [2.45, 2.75) is 46.2 Å². The highest BCUT2D eigenvalue weighted by atomic mass is 15.1. The fourth-order valence-corrected chi connectivity index (χ4v) is 3.23. The van der Waals surface area contributed by atoms with Crippen LogP contribution in [0.15, 0.2) is 24.3 Å². The highest BCUT2D eigenvalue weighted by molar-refractivity contribution is 5.75. The highest BCUT2D eigenvalue weighted by Gasteiger charge is 2.48. The van der Waals surface area contributed by atoms with Gasteiger partial charge in [-0.25, -0.2) is 4.98 Å². The maximum atomic E-state index is 6.38. The summed E-state index contributed by atoms with van der Waals surface area (Å²) in [7, 11) is 0. The van der Waals surface area contributed by atoms with E-state index in [1.807, 2.05) is 6.07 Å². The lowest BCUT2D eigenvalue weighted by atomic mass is 10.0. The van der Waals surface area contributed by atoms with Gasteiger partial charge in [0.25, 0.3) is 0 Å². The molecule has 1 saturated carbocycles. The summed E-state index contributed by atoms with van der Waals surface area (Å²) < 4.78 is 2.30. The Labute approximate surface area is 114 Å². The minimum Gasteiger partial charge on any atom is -0.328 e. The van der Waals surface area contributed by atoms with Crippen LogP contribution in [0.2, 0.25) is 0 Å². The molecule has 1 aliphatic rings. The Morgan fingerprint density at radius 2 is 2.11 bits per heavy atom. The van der Waals surface area contributed by atoms with Gasteiger partial charge in [0.05, 0.1) is 11.0 Å². The van der Waals surface area contributed by atoms with Gasteiger partial charge in [0.15, 0.2) is 0 Å². The van der Waals surface area contributed by atoms with E-state index < -0.39 is 0 Å². The monoisotopic (exact) mass is 257 g/mol. The summed E-state index contributed by atoms with van der Waals surface area (Å²) in [6, 6.07) is 8.57. The number of rotatable bonds is 4. The first-order valence-corrected chi connectivity index (χ1v) is 7.22. The first-order valence-electron chi connectivity index (χ1n) is 7.22. The van der Waals surface area contributed by atoms with Gasteiger partial charge in [-0.05, 0) is 36.8 Å².